The van der Waals surface area contributed by atoms with Crippen LogP contribution < -0.4 is 51.4 Å². The Balaban J connectivity index is 0. The van der Waals surface area contributed by atoms with Gasteiger partial charge in [0, 0.05) is 53.6 Å². The summed E-state index contributed by atoms with van der Waals surface area (Å²) in [5.41, 5.74) is 4.09. The van der Waals surface area contributed by atoms with Crippen LogP contribution in [0, 0.1) is 99.6 Å². The molecule has 1 nitrogen and oxygen atoms in total. The molecule has 1 aliphatic heterocycles. The summed E-state index contributed by atoms with van der Waals surface area (Å²) < 4.78 is 4.94. The van der Waals surface area contributed by atoms with Crippen molar-refractivity contribution in [2.75, 3.05) is 13.2 Å². The second-order valence-corrected chi connectivity index (χ2v) is 15.8. The van der Waals surface area contributed by atoms with Gasteiger partial charge >= 0.3 is 51.4 Å². The molecule has 0 bridgehead atoms. The Labute approximate surface area is 351 Å². The molecule has 3 aliphatic rings. The van der Waals surface area contributed by atoms with Gasteiger partial charge < -0.3 is 17.4 Å². The maximum absolute atomic E-state index is 5.59. The topological polar surface area (TPSA) is 9.23 Å². The molecule has 43 heavy (non-hydrogen) atoms. The van der Waals surface area contributed by atoms with Gasteiger partial charge in [0.05, 0.1) is 0 Å². The molecule has 0 aromatic heterocycles. The van der Waals surface area contributed by atoms with Crippen LogP contribution in [0.3, 0.4) is 0 Å². The van der Waals surface area contributed by atoms with E-state index in [0.29, 0.717) is 17.8 Å². The molecule has 2 aliphatic carbocycles. The van der Waals surface area contributed by atoms with Crippen molar-refractivity contribution < 1.29 is 96.5 Å². The Morgan fingerprint density at radius 1 is 0.512 bits per heavy atom. The molecular formula is C39H71KOSSm. The van der Waals surface area contributed by atoms with Gasteiger partial charge in [0.1, 0.15) is 0 Å². The van der Waals surface area contributed by atoms with Gasteiger partial charge in [-0.2, -0.15) is 4.90 Å². The van der Waals surface area contributed by atoms with Gasteiger partial charge in [-0.05, 0) is 95.3 Å². The molecule has 4 heteroatoms. The van der Waals surface area contributed by atoms with E-state index >= 15 is 0 Å². The number of benzene rings is 1. The number of rotatable bonds is 3. The van der Waals surface area contributed by atoms with E-state index in [0.717, 1.165) is 77.3 Å². The fourth-order valence-electron chi connectivity index (χ4n) is 7.19. The summed E-state index contributed by atoms with van der Waals surface area (Å²) in [6, 6.07) is 4.59. The van der Waals surface area contributed by atoms with Gasteiger partial charge in [-0.25, -0.2) is 0 Å². The van der Waals surface area contributed by atoms with Crippen LogP contribution in [0.1, 0.15) is 158 Å². The summed E-state index contributed by atoms with van der Waals surface area (Å²) in [5, 5.41) is 0. The molecule has 2 saturated carbocycles. The van der Waals surface area contributed by atoms with E-state index < -0.39 is 0 Å². The second-order valence-electron chi connectivity index (χ2n) is 15.4. The van der Waals surface area contributed by atoms with Gasteiger partial charge in [0.2, 0.25) is 0 Å². The minimum Gasteiger partial charge on any atom is -0.779 e. The fraction of sp³-hybridized carbons (Fsp3) is 0.846. The number of ether oxygens (including phenoxy) is 1. The Morgan fingerprint density at radius 2 is 0.744 bits per heavy atom. The average Bonchev–Trinajstić information content (AvgIpc) is 3.61. The monoisotopic (exact) mass is 778 g/mol. The standard InChI is InChI=1S/C15H24S.2C10H20.C4H8O.K.Sm/c1-9(2)12-7-13(10(3)4)15(16)14(8-12)11(5)6;2*1-6-7(2)9(4)10(5)8(6)3;1-2-4-5-3-1;;/h7-11,16H,1-6H3;2*6-10H,1-5H3;1-4H2;;/q;;;;+1;/p-1. The van der Waals surface area contributed by atoms with E-state index in [-0.39, 0.29) is 91.8 Å². The van der Waals surface area contributed by atoms with Crippen LogP contribution in [0.15, 0.2) is 17.0 Å². The molecule has 0 N–H and O–H groups in total. The van der Waals surface area contributed by atoms with E-state index in [4.69, 9.17) is 17.4 Å². The van der Waals surface area contributed by atoms with Gasteiger partial charge in [-0.3, -0.25) is 0 Å². The van der Waals surface area contributed by atoms with Crippen LogP contribution in [-0.2, 0) is 17.4 Å². The zero-order chi connectivity index (χ0) is 31.8. The quantitative estimate of drug-likeness (QED) is 0.224. The molecule has 0 amide bonds. The van der Waals surface area contributed by atoms with Gasteiger partial charge in [0.25, 0.3) is 0 Å². The van der Waals surface area contributed by atoms with Crippen molar-refractivity contribution >= 4 is 12.6 Å². The summed E-state index contributed by atoms with van der Waals surface area (Å²) in [6.07, 6.45) is 2.56. The molecule has 0 spiro atoms. The Morgan fingerprint density at radius 3 is 0.884 bits per heavy atom. The molecule has 0 radical (unpaired) electrons. The first-order valence-electron chi connectivity index (χ1n) is 17.4. The van der Waals surface area contributed by atoms with Crippen molar-refractivity contribution in [3.05, 3.63) is 28.8 Å². The molecule has 1 saturated heterocycles. The Kier molecular flexibility index (Phi) is 25.3. The molecule has 4 rings (SSSR count). The van der Waals surface area contributed by atoms with Crippen LogP contribution in [0.4, 0.5) is 0 Å². The van der Waals surface area contributed by atoms with Crippen LogP contribution in [0.2, 0.25) is 0 Å². The zero-order valence-corrected chi connectivity index (χ0v) is 38.3. The van der Waals surface area contributed by atoms with Crippen LogP contribution >= 0.6 is 0 Å². The van der Waals surface area contributed by atoms with E-state index in [9.17, 15) is 0 Å². The van der Waals surface area contributed by atoms with Gasteiger partial charge in [0.15, 0.2) is 0 Å². The normalized spacial score (nSPS) is 33.0. The minimum absolute atomic E-state index is 0. The van der Waals surface area contributed by atoms with Crippen molar-refractivity contribution in [2.24, 2.45) is 59.2 Å². The number of hydrogen-bond donors (Lipinski definition) is 0. The first-order valence-corrected chi connectivity index (χ1v) is 17.8. The maximum Gasteiger partial charge on any atom is 1.00 e. The second kappa shape index (κ2) is 22.9. The molecule has 246 valence electrons. The Hall–Kier alpha value is 2.37. The third-order valence-corrected chi connectivity index (χ3v) is 12.7. The average molecular weight is 778 g/mol. The molecule has 0 unspecified atom stereocenters. The molecule has 1 aromatic rings. The molecule has 0 atom stereocenters. The first kappa shape index (κ1) is 47.5. The Bertz CT molecular complexity index is 726. The third-order valence-electron chi connectivity index (χ3n) is 12.2. The number of hydrogen-bond acceptors (Lipinski definition) is 2. The molecular weight excluding hydrogens is 706 g/mol. The smallest absolute Gasteiger partial charge is 0.779 e. The van der Waals surface area contributed by atoms with Crippen LogP contribution in [0.5, 0.6) is 0 Å². The van der Waals surface area contributed by atoms with Crippen molar-refractivity contribution in [3.63, 3.8) is 0 Å². The molecule has 1 aromatic carbocycles. The molecule has 1 heterocycles. The maximum atomic E-state index is 5.59. The van der Waals surface area contributed by atoms with Gasteiger partial charge in [-0.15, -0.1) is 0 Å². The third kappa shape index (κ3) is 14.0. The molecule has 3 fully saturated rings. The van der Waals surface area contributed by atoms with Crippen LogP contribution in [0.25, 0.3) is 0 Å². The summed E-state index contributed by atoms with van der Waals surface area (Å²) >= 11 is 5.59. The van der Waals surface area contributed by atoms with E-state index in [1.54, 1.807) is 0 Å². The van der Waals surface area contributed by atoms with Crippen molar-refractivity contribution in [2.45, 2.75) is 146 Å². The summed E-state index contributed by atoms with van der Waals surface area (Å²) in [5.74, 6) is 11.0. The van der Waals surface area contributed by atoms with Crippen molar-refractivity contribution in [1.82, 2.24) is 0 Å². The minimum atomic E-state index is 0. The van der Waals surface area contributed by atoms with Gasteiger partial charge in [-0.1, -0.05) is 134 Å². The van der Waals surface area contributed by atoms with Crippen molar-refractivity contribution in [3.8, 4) is 0 Å². The predicted octanol–water partition coefficient (Wildman–Crippen LogP) is 9.12. The van der Waals surface area contributed by atoms with E-state index in [1.807, 2.05) is 0 Å². The van der Waals surface area contributed by atoms with E-state index in [1.165, 1.54) is 29.5 Å². The zero-order valence-electron chi connectivity index (χ0n) is 31.7. The SMILES string of the molecule is C1CCOC1.CC(C)c1cc(C(C)C)c([S-])c(C(C)C)c1.CC1C(C)C(C)C(C)C1C.CC1C(C)C(C)C(C)C1C.[K+].[Sm]. The van der Waals surface area contributed by atoms with E-state index in [2.05, 4.69) is 123 Å². The van der Waals surface area contributed by atoms with Crippen molar-refractivity contribution in [1.29, 1.82) is 0 Å². The summed E-state index contributed by atoms with van der Waals surface area (Å²) in [6.45, 7) is 39.4. The predicted molar refractivity (Wildman–Crippen MR) is 186 cm³/mol. The fourth-order valence-corrected chi connectivity index (χ4v) is 7.78. The first-order chi connectivity index (χ1) is 18.9. The summed E-state index contributed by atoms with van der Waals surface area (Å²) in [7, 11) is 0. The van der Waals surface area contributed by atoms with Crippen LogP contribution in [-0.4, -0.2) is 13.2 Å². The largest absolute Gasteiger partial charge is 1.00 e. The summed E-state index contributed by atoms with van der Waals surface area (Å²) in [4.78, 5) is 1.08.